The van der Waals surface area contributed by atoms with Gasteiger partial charge in [-0.2, -0.15) is 0 Å². The third-order valence-electron chi connectivity index (χ3n) is 4.24. The molecule has 24 heavy (non-hydrogen) atoms. The van der Waals surface area contributed by atoms with Gasteiger partial charge in [0.2, 0.25) is 0 Å². The monoisotopic (exact) mass is 310 g/mol. The first-order valence-corrected chi connectivity index (χ1v) is 7.86. The van der Waals surface area contributed by atoms with E-state index >= 15 is 0 Å². The molecular formula is C20H14N4. The normalized spacial score (nSPS) is 11.3. The average molecular weight is 310 g/mol. The van der Waals surface area contributed by atoms with Crippen LogP contribution in [0.5, 0.6) is 0 Å². The predicted octanol–water partition coefficient (Wildman–Crippen LogP) is 4.34. The summed E-state index contributed by atoms with van der Waals surface area (Å²) in [6.45, 7) is 0. The number of rotatable bonds is 2. The van der Waals surface area contributed by atoms with Crippen molar-refractivity contribution in [1.29, 1.82) is 0 Å². The fraction of sp³-hybridized carbons (Fsp3) is 0. The average Bonchev–Trinajstić information content (AvgIpc) is 3.29. The molecule has 3 aromatic heterocycles. The maximum atomic E-state index is 4.84. The van der Waals surface area contributed by atoms with Crippen LogP contribution in [0.1, 0.15) is 0 Å². The molecule has 0 saturated carbocycles. The Bertz CT molecular complexity index is 1150. The summed E-state index contributed by atoms with van der Waals surface area (Å²) in [5.74, 6) is 0.898. The highest BCUT2D eigenvalue weighted by atomic mass is 15.1. The van der Waals surface area contributed by atoms with Gasteiger partial charge in [0.25, 0.3) is 0 Å². The second-order valence-corrected chi connectivity index (χ2v) is 5.71. The third-order valence-corrected chi connectivity index (χ3v) is 4.24. The summed E-state index contributed by atoms with van der Waals surface area (Å²) < 4.78 is 4.13. The van der Waals surface area contributed by atoms with E-state index in [9.17, 15) is 0 Å². The van der Waals surface area contributed by atoms with Crippen molar-refractivity contribution in [2.75, 3.05) is 0 Å². The van der Waals surface area contributed by atoms with E-state index in [1.54, 1.807) is 0 Å². The van der Waals surface area contributed by atoms with Crippen LogP contribution in [0.15, 0.2) is 85.5 Å². The van der Waals surface area contributed by atoms with Crippen LogP contribution in [-0.2, 0) is 0 Å². The lowest BCUT2D eigenvalue weighted by Gasteiger charge is -2.10. The summed E-state index contributed by atoms with van der Waals surface area (Å²) in [6.07, 6.45) is 7.94. The SMILES string of the molecule is c1ccc(-n2ccnc2-c2cccc3cn4cccc4nc23)cc1. The molecule has 5 aromatic rings. The molecule has 0 amide bonds. The zero-order chi connectivity index (χ0) is 15.9. The first-order valence-electron chi connectivity index (χ1n) is 7.86. The summed E-state index contributed by atoms with van der Waals surface area (Å²) in [6, 6.07) is 20.5. The molecule has 0 N–H and O–H groups in total. The van der Waals surface area contributed by atoms with Gasteiger partial charge in [-0.05, 0) is 30.3 Å². The topological polar surface area (TPSA) is 35.1 Å². The summed E-state index contributed by atoms with van der Waals surface area (Å²) in [4.78, 5) is 9.43. The first kappa shape index (κ1) is 13.1. The zero-order valence-corrected chi connectivity index (χ0v) is 12.9. The van der Waals surface area contributed by atoms with Crippen LogP contribution in [0.4, 0.5) is 0 Å². The van der Waals surface area contributed by atoms with Crippen LogP contribution >= 0.6 is 0 Å². The third kappa shape index (κ3) is 1.93. The number of para-hydroxylation sites is 2. The van der Waals surface area contributed by atoms with Gasteiger partial charge in [0.1, 0.15) is 11.5 Å². The Morgan fingerprint density at radius 3 is 2.62 bits per heavy atom. The summed E-state index contributed by atoms with van der Waals surface area (Å²) in [5.41, 5.74) is 4.02. The molecule has 0 radical (unpaired) electrons. The van der Waals surface area contributed by atoms with Crippen molar-refractivity contribution in [3.8, 4) is 17.1 Å². The number of fused-ring (bicyclic) bond motifs is 2. The molecule has 0 bridgehead atoms. The molecule has 0 spiro atoms. The Kier molecular flexibility index (Phi) is 2.76. The maximum absolute atomic E-state index is 4.84. The van der Waals surface area contributed by atoms with E-state index in [1.165, 1.54) is 0 Å². The molecule has 0 saturated heterocycles. The molecule has 3 heterocycles. The smallest absolute Gasteiger partial charge is 0.146 e. The van der Waals surface area contributed by atoms with Gasteiger partial charge in [-0.3, -0.25) is 4.57 Å². The van der Waals surface area contributed by atoms with E-state index in [0.717, 1.165) is 33.6 Å². The molecule has 114 valence electrons. The van der Waals surface area contributed by atoms with Gasteiger partial charge in [-0.25, -0.2) is 9.97 Å². The lowest BCUT2D eigenvalue weighted by molar-refractivity contribution is 1.07. The summed E-state index contributed by atoms with van der Waals surface area (Å²) >= 11 is 0. The minimum absolute atomic E-state index is 0.898. The number of benzene rings is 2. The molecule has 0 fully saturated rings. The fourth-order valence-corrected chi connectivity index (χ4v) is 3.12. The van der Waals surface area contributed by atoms with Crippen LogP contribution in [0.25, 0.3) is 33.6 Å². The molecule has 0 aliphatic rings. The van der Waals surface area contributed by atoms with Gasteiger partial charge in [0, 0.05) is 41.4 Å². The van der Waals surface area contributed by atoms with E-state index in [-0.39, 0.29) is 0 Å². The summed E-state index contributed by atoms with van der Waals surface area (Å²) in [5, 5.41) is 1.10. The molecule has 4 nitrogen and oxygen atoms in total. The Balaban J connectivity index is 1.80. The Labute approximate surface area is 138 Å². The van der Waals surface area contributed by atoms with Crippen molar-refractivity contribution in [2.24, 2.45) is 0 Å². The fourth-order valence-electron chi connectivity index (χ4n) is 3.12. The lowest BCUT2D eigenvalue weighted by Crippen LogP contribution is -1.98. The zero-order valence-electron chi connectivity index (χ0n) is 12.9. The second-order valence-electron chi connectivity index (χ2n) is 5.71. The Hall–Kier alpha value is -3.40. The van der Waals surface area contributed by atoms with Crippen LogP contribution < -0.4 is 0 Å². The van der Waals surface area contributed by atoms with E-state index in [2.05, 4.69) is 46.1 Å². The van der Waals surface area contributed by atoms with Gasteiger partial charge < -0.3 is 4.40 Å². The first-order chi connectivity index (χ1) is 11.9. The van der Waals surface area contributed by atoms with E-state index in [4.69, 9.17) is 4.98 Å². The van der Waals surface area contributed by atoms with Crippen LogP contribution in [-0.4, -0.2) is 18.9 Å². The largest absolute Gasteiger partial charge is 0.308 e. The minimum Gasteiger partial charge on any atom is -0.308 e. The molecule has 0 aliphatic carbocycles. The highest BCUT2D eigenvalue weighted by Crippen LogP contribution is 2.28. The number of hydrogen-bond donors (Lipinski definition) is 0. The highest BCUT2D eigenvalue weighted by Gasteiger charge is 2.12. The second kappa shape index (κ2) is 5.06. The summed E-state index contributed by atoms with van der Waals surface area (Å²) in [7, 11) is 0. The standard InChI is InChI=1S/C20H14N4/c1-2-7-16(8-3-1)24-13-11-21-20(24)17-9-4-6-15-14-23-12-5-10-18(23)22-19(15)17/h1-14H. The molecule has 2 aromatic carbocycles. The van der Waals surface area contributed by atoms with Crippen molar-refractivity contribution < 1.29 is 0 Å². The molecule has 4 heteroatoms. The number of hydrogen-bond acceptors (Lipinski definition) is 2. The Morgan fingerprint density at radius 2 is 1.71 bits per heavy atom. The van der Waals surface area contributed by atoms with Crippen molar-refractivity contribution in [2.45, 2.75) is 0 Å². The lowest BCUT2D eigenvalue weighted by atomic mass is 10.1. The molecule has 0 atom stereocenters. The van der Waals surface area contributed by atoms with Gasteiger partial charge in [-0.1, -0.05) is 30.3 Å². The van der Waals surface area contributed by atoms with Gasteiger partial charge in [0.05, 0.1) is 5.52 Å². The van der Waals surface area contributed by atoms with Crippen molar-refractivity contribution in [1.82, 2.24) is 18.9 Å². The number of imidazole rings is 1. The molecule has 5 rings (SSSR count). The predicted molar refractivity (Wildman–Crippen MR) is 95.3 cm³/mol. The van der Waals surface area contributed by atoms with Crippen LogP contribution in [0, 0.1) is 0 Å². The van der Waals surface area contributed by atoms with E-state index < -0.39 is 0 Å². The van der Waals surface area contributed by atoms with Crippen LogP contribution in [0.2, 0.25) is 0 Å². The van der Waals surface area contributed by atoms with Gasteiger partial charge in [-0.15, -0.1) is 0 Å². The van der Waals surface area contributed by atoms with Crippen molar-refractivity contribution in [3.63, 3.8) is 0 Å². The molecule has 0 unspecified atom stereocenters. The molecular weight excluding hydrogens is 296 g/mol. The highest BCUT2D eigenvalue weighted by molar-refractivity contribution is 5.93. The van der Waals surface area contributed by atoms with Crippen molar-refractivity contribution >= 4 is 16.6 Å². The van der Waals surface area contributed by atoms with Gasteiger partial charge >= 0.3 is 0 Å². The van der Waals surface area contributed by atoms with Gasteiger partial charge in [0.15, 0.2) is 0 Å². The maximum Gasteiger partial charge on any atom is 0.146 e. The number of nitrogens with zero attached hydrogens (tertiary/aromatic N) is 4. The number of aromatic nitrogens is 4. The minimum atomic E-state index is 0.898. The van der Waals surface area contributed by atoms with Crippen molar-refractivity contribution in [3.05, 3.63) is 85.5 Å². The van der Waals surface area contributed by atoms with E-state index in [1.807, 2.05) is 53.3 Å². The quantitative estimate of drug-likeness (QED) is 0.486. The molecule has 0 aliphatic heterocycles. The Morgan fingerprint density at radius 1 is 0.792 bits per heavy atom. The van der Waals surface area contributed by atoms with Crippen LogP contribution in [0.3, 0.4) is 0 Å². The van der Waals surface area contributed by atoms with E-state index in [0.29, 0.717) is 0 Å².